The Bertz CT molecular complexity index is 746. The number of rotatable bonds is 3. The second kappa shape index (κ2) is 5.44. The van der Waals surface area contributed by atoms with Gasteiger partial charge in [0, 0.05) is 6.07 Å². The standard InChI is InChI=1S/C12H9F2N3O3S/c1-4-9(21-12(15)16-4)10(18)17-8-2-5(11(19)20)6(13)3-7(8)14/h2-3H,1H3,(H2,15,16)(H,17,18)(H,19,20). The van der Waals surface area contributed by atoms with Crippen molar-refractivity contribution in [2.45, 2.75) is 6.92 Å². The van der Waals surface area contributed by atoms with Gasteiger partial charge < -0.3 is 16.2 Å². The molecule has 6 nitrogen and oxygen atoms in total. The SMILES string of the molecule is Cc1nc(N)sc1C(=O)Nc1cc(C(=O)O)c(F)cc1F. The number of aromatic nitrogens is 1. The lowest BCUT2D eigenvalue weighted by Crippen LogP contribution is -2.14. The number of amides is 1. The van der Waals surface area contributed by atoms with Gasteiger partial charge in [-0.05, 0) is 13.0 Å². The highest BCUT2D eigenvalue weighted by atomic mass is 32.1. The number of carboxylic acid groups (broad SMARTS) is 1. The average molecular weight is 313 g/mol. The van der Waals surface area contributed by atoms with Gasteiger partial charge in [0.15, 0.2) is 5.13 Å². The number of nitrogens with zero attached hydrogens (tertiary/aromatic N) is 1. The van der Waals surface area contributed by atoms with Crippen molar-refractivity contribution >= 4 is 34.0 Å². The Morgan fingerprint density at radius 3 is 2.52 bits per heavy atom. The summed E-state index contributed by atoms with van der Waals surface area (Å²) in [5.41, 5.74) is 4.62. The molecule has 110 valence electrons. The number of nitrogens with two attached hydrogens (primary N) is 1. The van der Waals surface area contributed by atoms with E-state index in [-0.39, 0.29) is 10.0 Å². The summed E-state index contributed by atoms with van der Waals surface area (Å²) in [4.78, 5) is 26.8. The van der Waals surface area contributed by atoms with Gasteiger partial charge in [-0.3, -0.25) is 4.79 Å². The highest BCUT2D eigenvalue weighted by Gasteiger charge is 2.19. The van der Waals surface area contributed by atoms with Gasteiger partial charge in [-0.1, -0.05) is 11.3 Å². The van der Waals surface area contributed by atoms with E-state index in [1.54, 1.807) is 6.92 Å². The zero-order valence-electron chi connectivity index (χ0n) is 10.6. The van der Waals surface area contributed by atoms with E-state index in [0.29, 0.717) is 17.8 Å². The van der Waals surface area contributed by atoms with Crippen molar-refractivity contribution in [3.05, 3.63) is 39.9 Å². The monoisotopic (exact) mass is 313 g/mol. The number of anilines is 2. The molecule has 2 aromatic rings. The Labute approximate surface area is 121 Å². The number of aryl methyl sites for hydroxylation is 1. The lowest BCUT2D eigenvalue weighted by atomic mass is 10.1. The molecule has 0 radical (unpaired) electrons. The van der Waals surface area contributed by atoms with Crippen LogP contribution in [0.3, 0.4) is 0 Å². The lowest BCUT2D eigenvalue weighted by molar-refractivity contribution is 0.0691. The molecule has 2 rings (SSSR count). The van der Waals surface area contributed by atoms with Crippen LogP contribution in [0.2, 0.25) is 0 Å². The van der Waals surface area contributed by atoms with Gasteiger partial charge in [0.1, 0.15) is 16.5 Å². The number of hydrogen-bond donors (Lipinski definition) is 3. The summed E-state index contributed by atoms with van der Waals surface area (Å²) in [6, 6.07) is 1.11. The Morgan fingerprint density at radius 1 is 1.33 bits per heavy atom. The number of nitrogens with one attached hydrogen (secondary N) is 1. The van der Waals surface area contributed by atoms with Gasteiger partial charge >= 0.3 is 5.97 Å². The van der Waals surface area contributed by atoms with Crippen LogP contribution < -0.4 is 11.1 Å². The second-order valence-electron chi connectivity index (χ2n) is 4.04. The first kappa shape index (κ1) is 14.9. The molecule has 9 heteroatoms. The minimum Gasteiger partial charge on any atom is -0.478 e. The van der Waals surface area contributed by atoms with Crippen molar-refractivity contribution in [2.75, 3.05) is 11.1 Å². The van der Waals surface area contributed by atoms with E-state index in [4.69, 9.17) is 10.8 Å². The largest absolute Gasteiger partial charge is 0.478 e. The average Bonchev–Trinajstić information content (AvgIpc) is 2.71. The summed E-state index contributed by atoms with van der Waals surface area (Å²) in [6.07, 6.45) is 0. The lowest BCUT2D eigenvalue weighted by Gasteiger charge is -2.07. The number of carboxylic acids is 1. The normalized spacial score (nSPS) is 10.4. The van der Waals surface area contributed by atoms with Crippen LogP contribution in [0.1, 0.15) is 25.7 Å². The quantitative estimate of drug-likeness (QED) is 0.806. The molecular weight excluding hydrogens is 304 g/mol. The van der Waals surface area contributed by atoms with Crippen molar-refractivity contribution in [3.8, 4) is 0 Å². The fraction of sp³-hybridized carbons (Fsp3) is 0.0833. The van der Waals surface area contributed by atoms with E-state index >= 15 is 0 Å². The maximum Gasteiger partial charge on any atom is 0.338 e. The van der Waals surface area contributed by atoms with Crippen LogP contribution in [-0.2, 0) is 0 Å². The summed E-state index contributed by atoms with van der Waals surface area (Å²) < 4.78 is 26.8. The Kier molecular flexibility index (Phi) is 3.85. The summed E-state index contributed by atoms with van der Waals surface area (Å²) in [5, 5.41) is 11.1. The zero-order valence-corrected chi connectivity index (χ0v) is 11.4. The van der Waals surface area contributed by atoms with Crippen molar-refractivity contribution < 1.29 is 23.5 Å². The predicted molar refractivity (Wildman–Crippen MR) is 72.5 cm³/mol. The van der Waals surface area contributed by atoms with Gasteiger partial charge in [-0.25, -0.2) is 18.6 Å². The van der Waals surface area contributed by atoms with Crippen LogP contribution in [0.15, 0.2) is 12.1 Å². The van der Waals surface area contributed by atoms with E-state index < -0.39 is 34.8 Å². The van der Waals surface area contributed by atoms with Gasteiger partial charge in [-0.15, -0.1) is 0 Å². The van der Waals surface area contributed by atoms with E-state index in [1.807, 2.05) is 0 Å². The molecule has 0 aliphatic heterocycles. The van der Waals surface area contributed by atoms with Crippen LogP contribution in [0, 0.1) is 18.6 Å². The van der Waals surface area contributed by atoms with Crippen molar-refractivity contribution in [1.82, 2.24) is 4.98 Å². The van der Waals surface area contributed by atoms with Gasteiger partial charge in [0.25, 0.3) is 5.91 Å². The van der Waals surface area contributed by atoms with Crippen LogP contribution in [-0.4, -0.2) is 22.0 Å². The first-order valence-electron chi connectivity index (χ1n) is 5.56. The third-order valence-electron chi connectivity index (χ3n) is 2.55. The van der Waals surface area contributed by atoms with Crippen LogP contribution in [0.4, 0.5) is 19.6 Å². The molecule has 0 aliphatic carbocycles. The van der Waals surface area contributed by atoms with Gasteiger partial charge in [-0.2, -0.15) is 0 Å². The Morgan fingerprint density at radius 2 is 2.00 bits per heavy atom. The number of carbonyl (C=O) groups excluding carboxylic acids is 1. The molecular formula is C12H9F2N3O3S. The van der Waals surface area contributed by atoms with E-state index in [1.165, 1.54) is 0 Å². The summed E-state index contributed by atoms with van der Waals surface area (Å²) in [6.45, 7) is 1.55. The highest BCUT2D eigenvalue weighted by Crippen LogP contribution is 2.24. The molecule has 0 unspecified atom stereocenters. The zero-order chi connectivity index (χ0) is 15.7. The minimum absolute atomic E-state index is 0.160. The first-order valence-corrected chi connectivity index (χ1v) is 6.38. The van der Waals surface area contributed by atoms with Crippen LogP contribution >= 0.6 is 11.3 Å². The smallest absolute Gasteiger partial charge is 0.338 e. The fourth-order valence-electron chi connectivity index (χ4n) is 1.62. The number of nitrogen functional groups attached to an aromatic ring is 1. The molecule has 4 N–H and O–H groups in total. The molecule has 21 heavy (non-hydrogen) atoms. The highest BCUT2D eigenvalue weighted by molar-refractivity contribution is 7.17. The molecule has 1 aromatic carbocycles. The number of hydrogen-bond acceptors (Lipinski definition) is 5. The number of benzene rings is 1. The fourth-order valence-corrected chi connectivity index (χ4v) is 2.34. The Balaban J connectivity index is 2.35. The second-order valence-corrected chi connectivity index (χ2v) is 5.07. The molecule has 0 bridgehead atoms. The van der Waals surface area contributed by atoms with Crippen LogP contribution in [0.5, 0.6) is 0 Å². The van der Waals surface area contributed by atoms with Crippen LogP contribution in [0.25, 0.3) is 0 Å². The number of aromatic carboxylic acids is 1. The molecule has 0 saturated carbocycles. The summed E-state index contributed by atoms with van der Waals surface area (Å²) in [5.74, 6) is -4.58. The molecule has 0 spiro atoms. The maximum atomic E-state index is 13.6. The molecule has 1 heterocycles. The number of carbonyl (C=O) groups is 2. The molecule has 0 fully saturated rings. The first-order chi connectivity index (χ1) is 9.79. The van der Waals surface area contributed by atoms with E-state index in [9.17, 15) is 18.4 Å². The van der Waals surface area contributed by atoms with Crippen molar-refractivity contribution in [2.24, 2.45) is 0 Å². The van der Waals surface area contributed by atoms with E-state index in [0.717, 1.165) is 11.3 Å². The molecule has 0 atom stereocenters. The molecule has 1 aromatic heterocycles. The minimum atomic E-state index is -1.57. The maximum absolute atomic E-state index is 13.6. The topological polar surface area (TPSA) is 105 Å². The third-order valence-corrected chi connectivity index (χ3v) is 3.54. The molecule has 0 aliphatic rings. The number of thiazole rings is 1. The van der Waals surface area contributed by atoms with Crippen molar-refractivity contribution in [1.29, 1.82) is 0 Å². The third kappa shape index (κ3) is 2.97. The van der Waals surface area contributed by atoms with Gasteiger partial charge in [0.05, 0.1) is 16.9 Å². The number of halogens is 2. The Hall–Kier alpha value is -2.55. The van der Waals surface area contributed by atoms with Gasteiger partial charge in [0.2, 0.25) is 0 Å². The summed E-state index contributed by atoms with van der Waals surface area (Å²) >= 11 is 0.903. The van der Waals surface area contributed by atoms with Crippen molar-refractivity contribution in [3.63, 3.8) is 0 Å². The summed E-state index contributed by atoms with van der Waals surface area (Å²) in [7, 11) is 0. The molecule has 0 saturated heterocycles. The molecule has 1 amide bonds. The predicted octanol–water partition coefficient (Wildman–Crippen LogP) is 2.26. The van der Waals surface area contributed by atoms with E-state index in [2.05, 4.69) is 10.3 Å².